The fraction of sp³-hybridized carbons (Fsp3) is 1.00. The topological polar surface area (TPSA) is 89.8 Å². The molecule has 1 atom stereocenters. The number of hydrogen-bond acceptors (Lipinski definition) is 3. The number of likely N-dealkylation sites (N-methyl/N-ethyl adjacent to an activating group) is 1. The van der Waals surface area contributed by atoms with E-state index in [9.17, 15) is 9.67 Å². The Morgan fingerprint density at radius 3 is 1.78 bits per heavy atom. The smallest absolute Gasteiger partial charge is 0.469 e. The van der Waals surface area contributed by atoms with Gasteiger partial charge >= 0.3 is 7.82 Å². The van der Waals surface area contributed by atoms with Crippen LogP contribution in [0.3, 0.4) is 0 Å². The summed E-state index contributed by atoms with van der Waals surface area (Å²) in [6.07, 6.45) is 15.5. The Morgan fingerprint density at radius 2 is 1.33 bits per heavy atom. The van der Waals surface area contributed by atoms with Crippen molar-refractivity contribution in [3.05, 3.63) is 0 Å². The maximum atomic E-state index is 12.2. The van der Waals surface area contributed by atoms with Crippen molar-refractivity contribution in [3.8, 4) is 0 Å². The van der Waals surface area contributed by atoms with Crippen LogP contribution >= 0.6 is 7.82 Å². The molecule has 0 aliphatic rings. The Bertz CT molecular complexity index is 387. The zero-order valence-electron chi connectivity index (χ0n) is 17.9. The normalized spacial score (nSPS) is 13.9. The quantitative estimate of drug-likeness (QED) is 0.191. The summed E-state index contributed by atoms with van der Waals surface area (Å²) < 4.78 is 15.6. The number of rotatable bonds is 19. The largest absolute Gasteiger partial charge is 0.848 e. The maximum absolute atomic E-state index is 12.2. The highest BCUT2D eigenvalue weighted by atomic mass is 31.2. The van der Waals surface area contributed by atoms with Crippen LogP contribution in [-0.2, 0) is 9.09 Å². The average Bonchev–Trinajstić information content (AvgIpc) is 2.54. The van der Waals surface area contributed by atoms with Gasteiger partial charge in [-0.1, -0.05) is 96.5 Å². The van der Waals surface area contributed by atoms with Crippen molar-refractivity contribution in [3.63, 3.8) is 0 Å². The lowest BCUT2D eigenvalue weighted by Crippen LogP contribution is -2.50. The van der Waals surface area contributed by atoms with Gasteiger partial charge in [0.2, 0.25) is 0 Å². The summed E-state index contributed by atoms with van der Waals surface area (Å²) in [7, 11) is -0.619. The maximum Gasteiger partial charge on any atom is 0.469 e. The zero-order chi connectivity index (χ0) is 20.6. The second kappa shape index (κ2) is 15.9. The third-order valence-corrected chi connectivity index (χ3v) is 5.55. The molecule has 0 aliphatic heterocycles. The van der Waals surface area contributed by atoms with Gasteiger partial charge in [0.05, 0.1) is 20.6 Å². The molecule has 0 bridgehead atoms. The van der Waals surface area contributed by atoms with E-state index < -0.39 is 13.9 Å². The van der Waals surface area contributed by atoms with E-state index in [-0.39, 0.29) is 6.61 Å². The molecular weight excluding hydrogens is 365 g/mol. The lowest BCUT2D eigenvalue weighted by atomic mass is 10.0. The molecule has 0 saturated heterocycles. The van der Waals surface area contributed by atoms with Gasteiger partial charge in [-0.25, -0.2) is 4.57 Å². The van der Waals surface area contributed by atoms with E-state index in [0.29, 0.717) is 24.0 Å². The van der Waals surface area contributed by atoms with Gasteiger partial charge in [-0.05, 0) is 0 Å². The molecule has 0 heterocycles. The molecule has 27 heavy (non-hydrogen) atoms. The van der Waals surface area contributed by atoms with Crippen LogP contribution in [0.2, 0.25) is 0 Å². The van der Waals surface area contributed by atoms with Gasteiger partial charge in [-0.3, -0.25) is 4.52 Å². The van der Waals surface area contributed by atoms with E-state index >= 15 is 0 Å². The van der Waals surface area contributed by atoms with E-state index in [1.807, 2.05) is 14.1 Å². The first kappa shape index (κ1) is 27.0. The molecule has 6 nitrogen and oxygen atoms in total. The van der Waals surface area contributed by atoms with Crippen molar-refractivity contribution in [1.29, 1.82) is 0 Å². The molecule has 1 unspecified atom stereocenters. The predicted octanol–water partition coefficient (Wildman–Crippen LogP) is 3.99. The van der Waals surface area contributed by atoms with Gasteiger partial charge in [0.25, 0.3) is 0 Å². The molecule has 164 valence electrons. The molecule has 0 aromatic heterocycles. The molecule has 0 spiro atoms. The van der Waals surface area contributed by atoms with Crippen LogP contribution in [0.5, 0.6) is 0 Å². The van der Waals surface area contributed by atoms with E-state index in [0.717, 1.165) is 12.8 Å². The SMILES string of the molecule is CCCCCCCCCCCCCCC([O-])C[N+](C)(C)CCOP(=O)(O)O. The van der Waals surface area contributed by atoms with Crippen LogP contribution < -0.4 is 5.11 Å². The molecule has 0 aromatic rings. The van der Waals surface area contributed by atoms with E-state index in [1.165, 1.54) is 64.2 Å². The van der Waals surface area contributed by atoms with Crippen LogP contribution in [0, 0.1) is 0 Å². The summed E-state index contributed by atoms with van der Waals surface area (Å²) in [6.45, 7) is 3.09. The molecule has 0 saturated carbocycles. The number of phosphoric ester groups is 1. The Morgan fingerprint density at radius 1 is 0.889 bits per heavy atom. The molecule has 2 N–H and O–H groups in total. The first-order valence-electron chi connectivity index (χ1n) is 10.8. The molecule has 7 heteroatoms. The Labute approximate surface area is 167 Å². The fourth-order valence-electron chi connectivity index (χ4n) is 3.35. The molecule has 0 fully saturated rings. The van der Waals surface area contributed by atoms with Gasteiger partial charge in [0.15, 0.2) is 0 Å². The predicted molar refractivity (Wildman–Crippen MR) is 109 cm³/mol. The van der Waals surface area contributed by atoms with Gasteiger partial charge in [-0.2, -0.15) is 0 Å². The molecular formula is C20H44NO5P. The molecule has 0 aliphatic carbocycles. The molecule has 0 rings (SSSR count). The van der Waals surface area contributed by atoms with Crippen molar-refractivity contribution < 1.29 is 28.5 Å². The first-order valence-corrected chi connectivity index (χ1v) is 12.4. The highest BCUT2D eigenvalue weighted by molar-refractivity contribution is 7.46. The summed E-state index contributed by atoms with van der Waals surface area (Å²) in [6, 6.07) is 0. The van der Waals surface area contributed by atoms with Crippen molar-refractivity contribution in [2.45, 2.75) is 96.5 Å². The molecule has 0 radical (unpaired) electrons. The van der Waals surface area contributed by atoms with Crippen LogP contribution in [0.15, 0.2) is 0 Å². The Kier molecular flexibility index (Phi) is 15.9. The third kappa shape index (κ3) is 20.6. The minimum absolute atomic E-state index is 0.0391. The highest BCUT2D eigenvalue weighted by Gasteiger charge is 2.20. The van der Waals surface area contributed by atoms with E-state index in [1.54, 1.807) is 0 Å². The first-order chi connectivity index (χ1) is 12.7. The van der Waals surface area contributed by atoms with Gasteiger partial charge in [-0.15, -0.1) is 0 Å². The monoisotopic (exact) mass is 409 g/mol. The summed E-state index contributed by atoms with van der Waals surface area (Å²) in [5.41, 5.74) is 0. The zero-order valence-corrected chi connectivity index (χ0v) is 18.8. The van der Waals surface area contributed by atoms with Crippen LogP contribution in [0.1, 0.15) is 90.4 Å². The number of quaternary nitrogens is 1. The summed E-state index contributed by atoms with van der Waals surface area (Å²) in [5, 5.41) is 12.2. The minimum Gasteiger partial charge on any atom is -0.848 e. The number of unbranched alkanes of at least 4 members (excludes halogenated alkanes) is 11. The molecule has 0 amide bonds. The second-order valence-corrected chi connectivity index (χ2v) is 9.70. The number of phosphoric acid groups is 1. The van der Waals surface area contributed by atoms with Crippen molar-refractivity contribution in [2.24, 2.45) is 0 Å². The summed E-state index contributed by atoms with van der Waals surface area (Å²) in [5.74, 6) is 0. The van der Waals surface area contributed by atoms with Crippen LogP contribution in [-0.4, -0.2) is 54.2 Å². The second-order valence-electron chi connectivity index (χ2n) is 8.47. The molecule has 0 aromatic carbocycles. The number of hydrogen-bond donors (Lipinski definition) is 2. The Balaban J connectivity index is 3.52. The average molecular weight is 410 g/mol. The van der Waals surface area contributed by atoms with Crippen LogP contribution in [0.4, 0.5) is 0 Å². The van der Waals surface area contributed by atoms with Crippen molar-refractivity contribution in [1.82, 2.24) is 0 Å². The summed E-state index contributed by atoms with van der Waals surface area (Å²) >= 11 is 0. The van der Waals surface area contributed by atoms with Gasteiger partial charge in [0.1, 0.15) is 13.2 Å². The summed E-state index contributed by atoms with van der Waals surface area (Å²) in [4.78, 5) is 17.4. The fourth-order valence-corrected chi connectivity index (χ4v) is 3.67. The lowest BCUT2D eigenvalue weighted by Gasteiger charge is -2.36. The third-order valence-electron chi connectivity index (χ3n) is 5.03. The van der Waals surface area contributed by atoms with Crippen LogP contribution in [0.25, 0.3) is 0 Å². The van der Waals surface area contributed by atoms with Gasteiger partial charge in [0, 0.05) is 0 Å². The Hall–Kier alpha value is 0.0300. The lowest BCUT2D eigenvalue weighted by molar-refractivity contribution is -0.899. The highest BCUT2D eigenvalue weighted by Crippen LogP contribution is 2.35. The van der Waals surface area contributed by atoms with E-state index in [4.69, 9.17) is 9.79 Å². The van der Waals surface area contributed by atoms with E-state index in [2.05, 4.69) is 11.4 Å². The van der Waals surface area contributed by atoms with Crippen molar-refractivity contribution in [2.75, 3.05) is 33.8 Å². The van der Waals surface area contributed by atoms with Gasteiger partial charge < -0.3 is 19.4 Å². The minimum atomic E-state index is -4.42. The number of nitrogens with zero attached hydrogens (tertiary/aromatic N) is 1. The standard InChI is InChI=1S/C20H44NO5P/c1-4-5-6-7-8-9-10-11-12-13-14-15-16-20(22)19-21(2,3)17-18-26-27(23,24)25/h20H,4-19H2,1-3H3,(H2,23,24,25). The van der Waals surface area contributed by atoms with Crippen molar-refractivity contribution >= 4 is 7.82 Å².